The van der Waals surface area contributed by atoms with E-state index in [4.69, 9.17) is 9.47 Å². The number of anilines is 1. The van der Waals surface area contributed by atoms with Crippen LogP contribution in [0.15, 0.2) is 54.6 Å². The maximum atomic E-state index is 12.1. The van der Waals surface area contributed by atoms with Crippen molar-refractivity contribution in [2.45, 2.75) is 25.8 Å². The van der Waals surface area contributed by atoms with Crippen molar-refractivity contribution < 1.29 is 28.7 Å². The molecule has 0 aliphatic rings. The van der Waals surface area contributed by atoms with E-state index in [0.29, 0.717) is 11.3 Å². The SMILES string of the molecule is COC(=O)[C@@H](Cc1ccccc1)NC(=O)COC(=O)Cc1ccc(NC(C)=O)cc1. The molecule has 0 fully saturated rings. The van der Waals surface area contributed by atoms with Crippen LogP contribution in [-0.4, -0.2) is 43.5 Å². The number of esters is 2. The van der Waals surface area contributed by atoms with E-state index >= 15 is 0 Å². The molecule has 2 rings (SSSR count). The van der Waals surface area contributed by atoms with Crippen molar-refractivity contribution in [2.75, 3.05) is 19.0 Å². The summed E-state index contributed by atoms with van der Waals surface area (Å²) in [5.41, 5.74) is 2.14. The first-order valence-corrected chi connectivity index (χ1v) is 9.30. The van der Waals surface area contributed by atoms with Crippen LogP contribution in [0.1, 0.15) is 18.1 Å². The fourth-order valence-electron chi connectivity index (χ4n) is 2.69. The highest BCUT2D eigenvalue weighted by Gasteiger charge is 2.22. The number of amides is 2. The summed E-state index contributed by atoms with van der Waals surface area (Å²) in [6.07, 6.45) is 0.228. The molecule has 2 aromatic rings. The Hall–Kier alpha value is -3.68. The largest absolute Gasteiger partial charge is 0.467 e. The van der Waals surface area contributed by atoms with E-state index in [2.05, 4.69) is 10.6 Å². The molecule has 158 valence electrons. The summed E-state index contributed by atoms with van der Waals surface area (Å²) in [5, 5.41) is 5.16. The fraction of sp³-hybridized carbons (Fsp3) is 0.273. The van der Waals surface area contributed by atoms with Crippen LogP contribution in [0.3, 0.4) is 0 Å². The molecule has 0 bridgehead atoms. The summed E-state index contributed by atoms with van der Waals surface area (Å²) in [4.78, 5) is 47.1. The summed E-state index contributed by atoms with van der Waals surface area (Å²) in [7, 11) is 1.24. The van der Waals surface area contributed by atoms with Crippen LogP contribution < -0.4 is 10.6 Å². The highest BCUT2D eigenvalue weighted by atomic mass is 16.5. The lowest BCUT2D eigenvalue weighted by Gasteiger charge is -2.16. The molecule has 8 heteroatoms. The topological polar surface area (TPSA) is 111 Å². The predicted molar refractivity (Wildman–Crippen MR) is 110 cm³/mol. The van der Waals surface area contributed by atoms with Crippen molar-refractivity contribution >= 4 is 29.4 Å². The van der Waals surface area contributed by atoms with Crippen LogP contribution in [0.4, 0.5) is 5.69 Å². The van der Waals surface area contributed by atoms with Gasteiger partial charge in [-0.1, -0.05) is 42.5 Å². The van der Waals surface area contributed by atoms with Crippen LogP contribution in [0, 0.1) is 0 Å². The molecule has 8 nitrogen and oxygen atoms in total. The van der Waals surface area contributed by atoms with Gasteiger partial charge in [-0.15, -0.1) is 0 Å². The van der Waals surface area contributed by atoms with Gasteiger partial charge in [-0.2, -0.15) is 0 Å². The maximum absolute atomic E-state index is 12.1. The van der Waals surface area contributed by atoms with Crippen LogP contribution in [0.25, 0.3) is 0 Å². The lowest BCUT2D eigenvalue weighted by atomic mass is 10.1. The smallest absolute Gasteiger partial charge is 0.328 e. The average Bonchev–Trinajstić information content (AvgIpc) is 2.73. The standard InChI is InChI=1S/C22H24N2O6/c1-15(25)23-18-10-8-17(9-11-18)13-21(27)30-14-20(26)24-19(22(28)29-2)12-16-6-4-3-5-7-16/h3-11,19H,12-14H2,1-2H3,(H,23,25)(H,24,26)/t19-/m1/s1. The zero-order chi connectivity index (χ0) is 21.9. The van der Waals surface area contributed by atoms with Crippen molar-refractivity contribution in [3.8, 4) is 0 Å². The number of benzene rings is 2. The molecule has 0 unspecified atom stereocenters. The van der Waals surface area contributed by atoms with Gasteiger partial charge in [0, 0.05) is 19.0 Å². The van der Waals surface area contributed by atoms with Crippen LogP contribution in [0.5, 0.6) is 0 Å². The van der Waals surface area contributed by atoms with Crippen molar-refractivity contribution in [2.24, 2.45) is 0 Å². The Morgan fingerprint density at radius 2 is 1.60 bits per heavy atom. The quantitative estimate of drug-likeness (QED) is 0.606. The Morgan fingerprint density at radius 1 is 0.933 bits per heavy atom. The Labute approximate surface area is 174 Å². The highest BCUT2D eigenvalue weighted by Crippen LogP contribution is 2.10. The number of carbonyl (C=O) groups excluding carboxylic acids is 4. The summed E-state index contributed by atoms with van der Waals surface area (Å²) in [5.74, 6) is -1.96. The Bertz CT molecular complexity index is 880. The second-order valence-electron chi connectivity index (χ2n) is 6.55. The lowest BCUT2D eigenvalue weighted by Crippen LogP contribution is -2.44. The van der Waals surface area contributed by atoms with Crippen LogP contribution in [-0.2, 0) is 41.5 Å². The maximum Gasteiger partial charge on any atom is 0.328 e. The van der Waals surface area contributed by atoms with Crippen molar-refractivity contribution in [3.05, 3.63) is 65.7 Å². The van der Waals surface area contributed by atoms with E-state index in [0.717, 1.165) is 5.56 Å². The van der Waals surface area contributed by atoms with Gasteiger partial charge < -0.3 is 20.1 Å². The molecule has 0 aromatic heterocycles. The third kappa shape index (κ3) is 7.75. The molecule has 0 aliphatic carbocycles. The number of methoxy groups -OCH3 is 1. The van der Waals surface area contributed by atoms with Crippen molar-refractivity contribution in [1.82, 2.24) is 5.32 Å². The van der Waals surface area contributed by atoms with E-state index in [1.807, 2.05) is 30.3 Å². The van der Waals surface area contributed by atoms with Gasteiger partial charge in [-0.25, -0.2) is 4.79 Å². The molecule has 1 atom stereocenters. The van der Waals surface area contributed by atoms with E-state index in [9.17, 15) is 19.2 Å². The first-order chi connectivity index (χ1) is 14.4. The van der Waals surface area contributed by atoms with Gasteiger partial charge in [0.15, 0.2) is 6.61 Å². The van der Waals surface area contributed by atoms with Crippen molar-refractivity contribution in [1.29, 1.82) is 0 Å². The van der Waals surface area contributed by atoms with Gasteiger partial charge in [0.2, 0.25) is 5.91 Å². The van der Waals surface area contributed by atoms with Gasteiger partial charge in [-0.05, 0) is 23.3 Å². The van der Waals surface area contributed by atoms with Gasteiger partial charge in [0.25, 0.3) is 5.91 Å². The molecule has 2 amide bonds. The molecule has 2 aromatic carbocycles. The summed E-state index contributed by atoms with van der Waals surface area (Å²) >= 11 is 0. The molecular weight excluding hydrogens is 388 g/mol. The molecule has 30 heavy (non-hydrogen) atoms. The van der Waals surface area contributed by atoms with E-state index in [-0.39, 0.29) is 18.7 Å². The second kappa shape index (κ2) is 11.4. The van der Waals surface area contributed by atoms with Crippen LogP contribution >= 0.6 is 0 Å². The summed E-state index contributed by atoms with van der Waals surface area (Å²) < 4.78 is 9.73. The molecule has 0 radical (unpaired) electrons. The van der Waals surface area contributed by atoms with Crippen molar-refractivity contribution in [3.63, 3.8) is 0 Å². The molecule has 0 aliphatic heterocycles. The first kappa shape index (κ1) is 22.6. The minimum absolute atomic E-state index is 0.0297. The number of nitrogens with one attached hydrogen (secondary N) is 2. The van der Waals surface area contributed by atoms with Gasteiger partial charge >= 0.3 is 11.9 Å². The van der Waals surface area contributed by atoms with Gasteiger partial charge in [-0.3, -0.25) is 14.4 Å². The number of hydrogen-bond donors (Lipinski definition) is 2. The zero-order valence-electron chi connectivity index (χ0n) is 16.8. The monoisotopic (exact) mass is 412 g/mol. The number of hydrogen-bond acceptors (Lipinski definition) is 6. The van der Waals surface area contributed by atoms with E-state index in [1.54, 1.807) is 24.3 Å². The van der Waals surface area contributed by atoms with Gasteiger partial charge in [0.05, 0.1) is 13.5 Å². The Kier molecular flexibility index (Phi) is 8.56. The highest BCUT2D eigenvalue weighted by molar-refractivity contribution is 5.89. The zero-order valence-corrected chi connectivity index (χ0v) is 16.8. The predicted octanol–water partition coefficient (Wildman–Crippen LogP) is 1.63. The minimum Gasteiger partial charge on any atom is -0.467 e. The lowest BCUT2D eigenvalue weighted by molar-refractivity contribution is -0.149. The Balaban J connectivity index is 1.83. The normalized spacial score (nSPS) is 11.1. The average molecular weight is 412 g/mol. The fourth-order valence-corrected chi connectivity index (χ4v) is 2.69. The molecule has 2 N–H and O–H groups in total. The Morgan fingerprint density at radius 3 is 2.20 bits per heavy atom. The third-order valence-electron chi connectivity index (χ3n) is 4.09. The molecule has 0 spiro atoms. The minimum atomic E-state index is -0.884. The van der Waals surface area contributed by atoms with Gasteiger partial charge in [0.1, 0.15) is 6.04 Å². The number of ether oxygens (including phenoxy) is 2. The summed E-state index contributed by atoms with van der Waals surface area (Å²) in [6, 6.07) is 15.0. The van der Waals surface area contributed by atoms with E-state index in [1.165, 1.54) is 14.0 Å². The molecule has 0 heterocycles. The third-order valence-corrected chi connectivity index (χ3v) is 4.09. The summed E-state index contributed by atoms with van der Waals surface area (Å²) in [6.45, 7) is 0.895. The second-order valence-corrected chi connectivity index (χ2v) is 6.55. The number of rotatable bonds is 9. The van der Waals surface area contributed by atoms with E-state index < -0.39 is 30.5 Å². The number of carbonyl (C=O) groups is 4. The first-order valence-electron chi connectivity index (χ1n) is 9.30. The van der Waals surface area contributed by atoms with Crippen LogP contribution in [0.2, 0.25) is 0 Å². The molecule has 0 saturated heterocycles. The molecule has 0 saturated carbocycles. The molecular formula is C22H24N2O6.